The van der Waals surface area contributed by atoms with Crippen molar-refractivity contribution in [3.63, 3.8) is 0 Å². The van der Waals surface area contributed by atoms with Crippen LogP contribution in [0.2, 0.25) is 10.0 Å². The molecule has 3 rings (SSSR count). The second kappa shape index (κ2) is 8.66. The first-order chi connectivity index (χ1) is 13.0. The number of benzene rings is 2. The minimum Gasteiger partial charge on any atom is -0.350 e. The molecule has 1 heterocycles. The van der Waals surface area contributed by atoms with E-state index in [0.29, 0.717) is 21.2 Å². The monoisotopic (exact) mass is 404 g/mol. The molecule has 0 fully saturated rings. The van der Waals surface area contributed by atoms with Gasteiger partial charge in [0, 0.05) is 23.7 Å². The summed E-state index contributed by atoms with van der Waals surface area (Å²) < 4.78 is 4.96. The van der Waals surface area contributed by atoms with E-state index >= 15 is 0 Å². The highest BCUT2D eigenvalue weighted by atomic mass is 35.5. The van der Waals surface area contributed by atoms with Crippen molar-refractivity contribution in [3.05, 3.63) is 70.0 Å². The molecule has 0 saturated carbocycles. The molecule has 2 aromatic carbocycles. The zero-order valence-corrected chi connectivity index (χ0v) is 15.4. The van der Waals surface area contributed by atoms with Gasteiger partial charge in [-0.15, -0.1) is 0 Å². The Bertz CT molecular complexity index is 957. The van der Waals surface area contributed by atoms with E-state index in [1.165, 1.54) is 0 Å². The molecule has 7 nitrogen and oxygen atoms in total. The largest absolute Gasteiger partial charge is 0.350 e. The third-order valence-corrected chi connectivity index (χ3v) is 4.12. The number of nitrogens with zero attached hydrogens (tertiary/aromatic N) is 2. The molecule has 0 spiro atoms. The number of nitrogens with one attached hydrogen (secondary N) is 2. The molecule has 2 N–H and O–H groups in total. The molecule has 0 atom stereocenters. The van der Waals surface area contributed by atoms with Crippen molar-refractivity contribution in [2.24, 2.45) is 0 Å². The lowest BCUT2D eigenvalue weighted by atomic mass is 10.2. The maximum Gasteiger partial charge on any atom is 0.316 e. The van der Waals surface area contributed by atoms with Crippen LogP contribution in [0.25, 0.3) is 11.4 Å². The number of carbonyl (C=O) groups excluding carboxylic acids is 2. The predicted molar refractivity (Wildman–Crippen MR) is 101 cm³/mol. The average Bonchev–Trinajstić information content (AvgIpc) is 3.16. The molecule has 27 heavy (non-hydrogen) atoms. The Kier molecular flexibility index (Phi) is 6.05. The Morgan fingerprint density at radius 1 is 0.926 bits per heavy atom. The SMILES string of the molecule is O=C(NCCNC(=O)c1ccccc1Cl)c1nc(-c2ccc(Cl)cc2)no1. The standard InChI is InChI=1S/C18H14Cl2N4O3/c19-12-7-5-11(6-8-12)15-23-18(27-24-15)17(26)22-10-9-21-16(25)13-3-1-2-4-14(13)20/h1-8H,9-10H2,(H,21,25)(H,22,26). The second-order valence-corrected chi connectivity index (χ2v) is 6.27. The van der Waals surface area contributed by atoms with Crippen LogP contribution >= 0.6 is 23.2 Å². The molecular formula is C18H14Cl2N4O3. The minimum absolute atomic E-state index is 0.169. The van der Waals surface area contributed by atoms with Gasteiger partial charge in [0.2, 0.25) is 5.82 Å². The van der Waals surface area contributed by atoms with E-state index in [0.717, 1.165) is 0 Å². The molecule has 0 bridgehead atoms. The van der Waals surface area contributed by atoms with E-state index in [1.807, 2.05) is 0 Å². The minimum atomic E-state index is -0.533. The lowest BCUT2D eigenvalue weighted by Crippen LogP contribution is -2.34. The summed E-state index contributed by atoms with van der Waals surface area (Å²) in [6.45, 7) is 0.404. The molecule has 0 aliphatic carbocycles. The summed E-state index contributed by atoms with van der Waals surface area (Å²) in [7, 11) is 0. The number of hydrogen-bond acceptors (Lipinski definition) is 5. The van der Waals surface area contributed by atoms with Crippen LogP contribution in [0, 0.1) is 0 Å². The Morgan fingerprint density at radius 3 is 2.30 bits per heavy atom. The Balaban J connectivity index is 1.49. The zero-order valence-electron chi connectivity index (χ0n) is 13.9. The third-order valence-electron chi connectivity index (χ3n) is 3.54. The van der Waals surface area contributed by atoms with Gasteiger partial charge in [-0.05, 0) is 36.4 Å². The molecule has 2 amide bonds. The van der Waals surface area contributed by atoms with Crippen molar-refractivity contribution in [1.82, 2.24) is 20.8 Å². The number of hydrogen-bond donors (Lipinski definition) is 2. The van der Waals surface area contributed by atoms with Crippen molar-refractivity contribution in [1.29, 1.82) is 0 Å². The third kappa shape index (κ3) is 4.84. The predicted octanol–water partition coefficient (Wildman–Crippen LogP) is 3.20. The van der Waals surface area contributed by atoms with Gasteiger partial charge in [0.1, 0.15) is 0 Å². The molecular weight excluding hydrogens is 391 g/mol. The van der Waals surface area contributed by atoms with Crippen LogP contribution in [0.1, 0.15) is 21.0 Å². The summed E-state index contributed by atoms with van der Waals surface area (Å²) in [5.41, 5.74) is 1.05. The van der Waals surface area contributed by atoms with Gasteiger partial charge in [0.25, 0.3) is 5.91 Å². The molecule has 0 radical (unpaired) electrons. The first-order valence-corrected chi connectivity index (χ1v) is 8.71. The average molecular weight is 405 g/mol. The molecule has 0 unspecified atom stereocenters. The normalized spacial score (nSPS) is 10.4. The van der Waals surface area contributed by atoms with Gasteiger partial charge in [0.05, 0.1) is 10.6 Å². The molecule has 0 saturated heterocycles. The summed E-state index contributed by atoms with van der Waals surface area (Å²) in [5, 5.41) is 9.97. The molecule has 1 aromatic heterocycles. The van der Waals surface area contributed by atoms with Gasteiger partial charge in [-0.25, -0.2) is 0 Å². The maximum atomic E-state index is 12.0. The van der Waals surface area contributed by atoms with Crippen LogP contribution in [0.3, 0.4) is 0 Å². The molecule has 0 aliphatic rings. The number of carbonyl (C=O) groups is 2. The summed E-state index contributed by atoms with van der Waals surface area (Å²) in [6.07, 6.45) is 0. The van der Waals surface area contributed by atoms with E-state index in [4.69, 9.17) is 27.7 Å². The van der Waals surface area contributed by atoms with E-state index in [2.05, 4.69) is 20.8 Å². The molecule has 9 heteroatoms. The second-order valence-electron chi connectivity index (χ2n) is 5.42. The van der Waals surface area contributed by atoms with Crippen LogP contribution in [0.4, 0.5) is 0 Å². The van der Waals surface area contributed by atoms with Crippen LogP contribution in [0.15, 0.2) is 53.1 Å². The van der Waals surface area contributed by atoms with Crippen molar-refractivity contribution in [2.75, 3.05) is 13.1 Å². The van der Waals surface area contributed by atoms with E-state index < -0.39 is 5.91 Å². The van der Waals surface area contributed by atoms with Crippen LogP contribution in [-0.4, -0.2) is 35.0 Å². The van der Waals surface area contributed by atoms with E-state index in [1.54, 1.807) is 48.5 Å². The molecule has 0 aliphatic heterocycles. The number of amides is 2. The first kappa shape index (κ1) is 18.9. The highest BCUT2D eigenvalue weighted by Crippen LogP contribution is 2.18. The summed E-state index contributed by atoms with van der Waals surface area (Å²) in [4.78, 5) is 28.1. The Labute approximate surface area is 164 Å². The number of aromatic nitrogens is 2. The fourth-order valence-corrected chi connectivity index (χ4v) is 2.55. The van der Waals surface area contributed by atoms with Crippen molar-refractivity contribution < 1.29 is 14.1 Å². The zero-order chi connectivity index (χ0) is 19.2. The fourth-order valence-electron chi connectivity index (χ4n) is 2.20. The van der Waals surface area contributed by atoms with Crippen molar-refractivity contribution >= 4 is 35.0 Å². The van der Waals surface area contributed by atoms with Gasteiger partial charge in [-0.2, -0.15) is 4.98 Å². The highest BCUT2D eigenvalue weighted by molar-refractivity contribution is 6.33. The van der Waals surface area contributed by atoms with Crippen LogP contribution in [-0.2, 0) is 0 Å². The smallest absolute Gasteiger partial charge is 0.316 e. The van der Waals surface area contributed by atoms with Gasteiger partial charge in [0.15, 0.2) is 0 Å². The van der Waals surface area contributed by atoms with E-state index in [-0.39, 0.29) is 30.7 Å². The molecule has 138 valence electrons. The first-order valence-electron chi connectivity index (χ1n) is 7.95. The summed E-state index contributed by atoms with van der Waals surface area (Å²) in [6, 6.07) is 13.5. The number of rotatable bonds is 6. The van der Waals surface area contributed by atoms with Crippen molar-refractivity contribution in [2.45, 2.75) is 0 Å². The van der Waals surface area contributed by atoms with Gasteiger partial charge in [-0.3, -0.25) is 9.59 Å². The Morgan fingerprint density at radius 2 is 1.59 bits per heavy atom. The quantitative estimate of drug-likeness (QED) is 0.614. The maximum absolute atomic E-state index is 12.0. The van der Waals surface area contributed by atoms with Gasteiger partial charge >= 0.3 is 11.8 Å². The van der Waals surface area contributed by atoms with Gasteiger partial charge < -0.3 is 15.2 Å². The topological polar surface area (TPSA) is 97.1 Å². The lowest BCUT2D eigenvalue weighted by molar-refractivity contribution is 0.0898. The lowest BCUT2D eigenvalue weighted by Gasteiger charge is -2.06. The van der Waals surface area contributed by atoms with E-state index in [9.17, 15) is 9.59 Å². The van der Waals surface area contributed by atoms with Crippen LogP contribution in [0.5, 0.6) is 0 Å². The highest BCUT2D eigenvalue weighted by Gasteiger charge is 2.16. The molecule has 3 aromatic rings. The Hall–Kier alpha value is -2.90. The van der Waals surface area contributed by atoms with Crippen LogP contribution < -0.4 is 10.6 Å². The number of halogens is 2. The summed E-state index contributed by atoms with van der Waals surface area (Å²) in [5.74, 6) is -0.742. The van der Waals surface area contributed by atoms with Gasteiger partial charge in [-0.1, -0.05) is 40.5 Å². The van der Waals surface area contributed by atoms with Crippen molar-refractivity contribution in [3.8, 4) is 11.4 Å². The summed E-state index contributed by atoms with van der Waals surface area (Å²) >= 11 is 11.8. The fraction of sp³-hybridized carbons (Fsp3) is 0.111.